The maximum atomic E-state index is 14.3. The second kappa shape index (κ2) is 6.69. The number of nitrogens with zero attached hydrogens (tertiary/aromatic N) is 4. The van der Waals surface area contributed by atoms with E-state index in [-0.39, 0.29) is 11.9 Å². The van der Waals surface area contributed by atoms with Crippen LogP contribution in [0.2, 0.25) is 0 Å². The number of halogens is 1. The third-order valence-corrected chi connectivity index (χ3v) is 5.19. The molecule has 3 aromatic heterocycles. The highest BCUT2D eigenvalue weighted by molar-refractivity contribution is 5.94. The molecule has 0 saturated carbocycles. The van der Waals surface area contributed by atoms with Crippen LogP contribution in [0.25, 0.3) is 33.4 Å². The maximum Gasteiger partial charge on any atom is 0.132 e. The van der Waals surface area contributed by atoms with E-state index >= 15 is 0 Å². The predicted molar refractivity (Wildman–Crippen MR) is 107 cm³/mol. The number of hydrogen-bond donors (Lipinski definition) is 2. The van der Waals surface area contributed by atoms with Crippen molar-refractivity contribution in [3.05, 3.63) is 60.8 Å². The molecule has 28 heavy (non-hydrogen) atoms. The zero-order chi connectivity index (χ0) is 19.1. The first-order valence-electron chi connectivity index (χ1n) is 9.24. The normalized spacial score (nSPS) is 16.8. The fraction of sp³-hybridized carbons (Fsp3) is 0.190. The van der Waals surface area contributed by atoms with E-state index < -0.39 is 0 Å². The van der Waals surface area contributed by atoms with Gasteiger partial charge in [-0.05, 0) is 30.7 Å². The molecular formula is C21H19FN6. The van der Waals surface area contributed by atoms with Crippen molar-refractivity contribution in [2.75, 3.05) is 18.0 Å². The Balaban J connectivity index is 1.57. The lowest BCUT2D eigenvalue weighted by Crippen LogP contribution is -2.26. The lowest BCUT2D eigenvalue weighted by atomic mass is 10.1. The Kier molecular flexibility index (Phi) is 4.02. The van der Waals surface area contributed by atoms with Gasteiger partial charge in [-0.15, -0.1) is 0 Å². The highest BCUT2D eigenvalue weighted by Gasteiger charge is 2.20. The summed E-state index contributed by atoms with van der Waals surface area (Å²) in [5.41, 5.74) is 10.5. The molecule has 0 bridgehead atoms. The third kappa shape index (κ3) is 2.90. The molecule has 0 spiro atoms. The molecule has 1 fully saturated rings. The first kappa shape index (κ1) is 16.8. The number of benzene rings is 1. The monoisotopic (exact) mass is 374 g/mol. The average molecular weight is 374 g/mol. The Hall–Kier alpha value is -3.32. The highest BCUT2D eigenvalue weighted by Crippen LogP contribution is 2.31. The van der Waals surface area contributed by atoms with Crippen molar-refractivity contribution in [3.63, 3.8) is 0 Å². The molecule has 6 nitrogen and oxygen atoms in total. The van der Waals surface area contributed by atoms with Gasteiger partial charge in [-0.1, -0.05) is 12.1 Å². The maximum absolute atomic E-state index is 14.3. The van der Waals surface area contributed by atoms with Gasteiger partial charge in [0.15, 0.2) is 0 Å². The zero-order valence-corrected chi connectivity index (χ0v) is 15.1. The number of fused-ring (bicyclic) bond motifs is 1. The standard InChI is InChI=1S/C21H19FN6/c22-18-4-2-1-3-16(18)21-17-8-19(25-11-20(17)26-27-21)13-7-15(10-24-9-13)28-6-5-14(23)12-28/h1-4,7-11,14H,5-6,12,23H2,(H,26,27)/t14-/m1/s1. The van der Waals surface area contributed by atoms with Gasteiger partial charge in [0.1, 0.15) is 11.5 Å². The molecule has 1 atom stereocenters. The Morgan fingerprint density at radius 2 is 2.04 bits per heavy atom. The van der Waals surface area contributed by atoms with E-state index in [1.807, 2.05) is 12.3 Å². The van der Waals surface area contributed by atoms with Gasteiger partial charge in [0, 0.05) is 41.8 Å². The topological polar surface area (TPSA) is 83.7 Å². The predicted octanol–water partition coefficient (Wildman–Crippen LogP) is 3.36. The van der Waals surface area contributed by atoms with Gasteiger partial charge in [-0.25, -0.2) is 4.39 Å². The Bertz CT molecular complexity index is 1150. The number of nitrogens with one attached hydrogen (secondary N) is 1. The van der Waals surface area contributed by atoms with Gasteiger partial charge >= 0.3 is 0 Å². The molecule has 4 heterocycles. The number of anilines is 1. The van der Waals surface area contributed by atoms with Gasteiger partial charge in [0.05, 0.1) is 29.3 Å². The SMILES string of the molecule is N[C@@H]1CCN(c2cncc(-c3cc4c(-c5ccccc5F)n[nH]c4cn3)c2)C1. The summed E-state index contributed by atoms with van der Waals surface area (Å²) in [6.45, 7) is 1.76. The summed E-state index contributed by atoms with van der Waals surface area (Å²) in [6, 6.07) is 10.8. The number of nitrogens with two attached hydrogens (primary N) is 1. The van der Waals surface area contributed by atoms with Crippen molar-refractivity contribution in [2.45, 2.75) is 12.5 Å². The number of pyridine rings is 2. The van der Waals surface area contributed by atoms with E-state index in [1.165, 1.54) is 6.07 Å². The van der Waals surface area contributed by atoms with Crippen LogP contribution in [-0.2, 0) is 0 Å². The molecule has 0 unspecified atom stereocenters. The second-order valence-corrected chi connectivity index (χ2v) is 7.09. The Labute approximate surface area is 161 Å². The van der Waals surface area contributed by atoms with E-state index in [0.717, 1.165) is 47.4 Å². The number of aromatic amines is 1. The first-order valence-corrected chi connectivity index (χ1v) is 9.24. The molecule has 140 valence electrons. The quantitative estimate of drug-likeness (QED) is 0.574. The molecule has 0 aliphatic carbocycles. The third-order valence-electron chi connectivity index (χ3n) is 5.19. The summed E-state index contributed by atoms with van der Waals surface area (Å²) < 4.78 is 14.3. The van der Waals surface area contributed by atoms with Crippen molar-refractivity contribution in [1.29, 1.82) is 0 Å². The van der Waals surface area contributed by atoms with Crippen LogP contribution < -0.4 is 10.6 Å². The largest absolute Gasteiger partial charge is 0.369 e. The molecule has 7 heteroatoms. The lowest BCUT2D eigenvalue weighted by molar-refractivity contribution is 0.631. The van der Waals surface area contributed by atoms with Crippen LogP contribution in [0, 0.1) is 5.82 Å². The van der Waals surface area contributed by atoms with Crippen LogP contribution in [-0.4, -0.2) is 39.3 Å². The molecule has 1 aromatic carbocycles. The van der Waals surface area contributed by atoms with E-state index in [0.29, 0.717) is 11.3 Å². The van der Waals surface area contributed by atoms with Crippen LogP contribution >= 0.6 is 0 Å². The van der Waals surface area contributed by atoms with Crippen molar-refractivity contribution in [2.24, 2.45) is 5.73 Å². The van der Waals surface area contributed by atoms with Gasteiger partial charge in [0.25, 0.3) is 0 Å². The summed E-state index contributed by atoms with van der Waals surface area (Å²) >= 11 is 0. The number of rotatable bonds is 3. The molecular weight excluding hydrogens is 355 g/mol. The average Bonchev–Trinajstić information content (AvgIpc) is 3.34. The minimum Gasteiger partial charge on any atom is -0.369 e. The molecule has 4 aromatic rings. The molecule has 1 saturated heterocycles. The van der Waals surface area contributed by atoms with E-state index in [9.17, 15) is 4.39 Å². The minimum absolute atomic E-state index is 0.201. The summed E-state index contributed by atoms with van der Waals surface area (Å²) in [5.74, 6) is -0.303. The summed E-state index contributed by atoms with van der Waals surface area (Å²) in [6.07, 6.45) is 6.34. The second-order valence-electron chi connectivity index (χ2n) is 7.09. The number of hydrogen-bond acceptors (Lipinski definition) is 5. The van der Waals surface area contributed by atoms with Gasteiger partial charge in [0.2, 0.25) is 0 Å². The molecule has 0 radical (unpaired) electrons. The molecule has 5 rings (SSSR count). The van der Waals surface area contributed by atoms with Crippen LogP contribution in [0.1, 0.15) is 6.42 Å². The van der Waals surface area contributed by atoms with Crippen LogP contribution in [0.4, 0.5) is 10.1 Å². The molecule has 3 N–H and O–H groups in total. The van der Waals surface area contributed by atoms with Crippen molar-refractivity contribution >= 4 is 16.6 Å². The summed E-state index contributed by atoms with van der Waals surface area (Å²) in [7, 11) is 0. The van der Waals surface area contributed by atoms with Gasteiger partial charge in [-0.2, -0.15) is 5.10 Å². The summed E-state index contributed by atoms with van der Waals surface area (Å²) in [5, 5.41) is 8.07. The van der Waals surface area contributed by atoms with Crippen molar-refractivity contribution in [1.82, 2.24) is 20.2 Å². The van der Waals surface area contributed by atoms with Crippen LogP contribution in [0.3, 0.4) is 0 Å². The minimum atomic E-state index is -0.303. The van der Waals surface area contributed by atoms with Crippen molar-refractivity contribution in [3.8, 4) is 22.5 Å². The molecule has 1 aliphatic heterocycles. The molecule has 0 amide bonds. The van der Waals surface area contributed by atoms with E-state index in [4.69, 9.17) is 5.73 Å². The fourth-order valence-electron chi connectivity index (χ4n) is 3.70. The lowest BCUT2D eigenvalue weighted by Gasteiger charge is -2.18. The van der Waals surface area contributed by atoms with E-state index in [1.54, 1.807) is 30.6 Å². The highest BCUT2D eigenvalue weighted by atomic mass is 19.1. The van der Waals surface area contributed by atoms with Gasteiger partial charge < -0.3 is 10.6 Å². The van der Waals surface area contributed by atoms with Crippen molar-refractivity contribution < 1.29 is 4.39 Å². The summed E-state index contributed by atoms with van der Waals surface area (Å²) in [4.78, 5) is 11.2. The van der Waals surface area contributed by atoms with Crippen LogP contribution in [0.5, 0.6) is 0 Å². The number of H-pyrrole nitrogens is 1. The van der Waals surface area contributed by atoms with E-state index in [2.05, 4.69) is 31.1 Å². The zero-order valence-electron chi connectivity index (χ0n) is 15.1. The number of aromatic nitrogens is 4. The smallest absolute Gasteiger partial charge is 0.132 e. The Morgan fingerprint density at radius 1 is 1.14 bits per heavy atom. The molecule has 1 aliphatic rings. The van der Waals surface area contributed by atoms with Gasteiger partial charge in [-0.3, -0.25) is 15.1 Å². The fourth-order valence-corrected chi connectivity index (χ4v) is 3.70. The first-order chi connectivity index (χ1) is 13.7. The van der Waals surface area contributed by atoms with Crippen LogP contribution in [0.15, 0.2) is 55.0 Å². The Morgan fingerprint density at radius 3 is 2.86 bits per heavy atom.